The monoisotopic (exact) mass is 196 g/mol. The fourth-order valence-corrected chi connectivity index (χ4v) is 1.51. The Balaban J connectivity index is 2.16. The molecule has 0 bridgehead atoms. The number of hydrogen-bond donors (Lipinski definition) is 0. The highest BCUT2D eigenvalue weighted by Gasteiger charge is 2.11. The first-order chi connectivity index (χ1) is 6.36. The molecule has 13 heavy (non-hydrogen) atoms. The zero-order valence-corrected chi connectivity index (χ0v) is 7.75. The van der Waals surface area contributed by atoms with Gasteiger partial charge in [-0.2, -0.15) is 0 Å². The van der Waals surface area contributed by atoms with Crippen LogP contribution in [-0.2, 0) is 9.47 Å². The van der Waals surface area contributed by atoms with Crippen LogP contribution in [0.4, 0.5) is 0 Å². The molecule has 0 radical (unpaired) electrons. The lowest BCUT2D eigenvalue weighted by atomic mass is 10.0. The normalized spacial score (nSPS) is 20.8. The van der Waals surface area contributed by atoms with E-state index in [1.165, 1.54) is 12.5 Å². The molecule has 68 valence electrons. The van der Waals surface area contributed by atoms with Crippen LogP contribution in [0.5, 0.6) is 0 Å². The minimum Gasteiger partial charge on any atom is -0.466 e. The molecule has 0 amide bonds. The summed E-state index contributed by atoms with van der Waals surface area (Å²) in [5.74, 6) is 0.744. The van der Waals surface area contributed by atoms with Crippen molar-refractivity contribution in [1.29, 1.82) is 0 Å². The standard InChI is InChI=1S/C10H9ClO2/c11-9-3-1-2-8(6-9)10-7-12-4-5-13-10/h3-7H,1-2H2. The third-order valence-electron chi connectivity index (χ3n) is 1.89. The number of ether oxygens (including phenoxy) is 2. The molecule has 0 fully saturated rings. The smallest absolute Gasteiger partial charge is 0.164 e. The Labute approximate surface area is 81.8 Å². The van der Waals surface area contributed by atoms with E-state index in [2.05, 4.69) is 0 Å². The first kappa shape index (κ1) is 8.45. The van der Waals surface area contributed by atoms with E-state index < -0.39 is 0 Å². The van der Waals surface area contributed by atoms with Crippen LogP contribution < -0.4 is 0 Å². The van der Waals surface area contributed by atoms with Crippen LogP contribution in [-0.4, -0.2) is 0 Å². The van der Waals surface area contributed by atoms with Crippen LogP contribution in [0.2, 0.25) is 0 Å². The Kier molecular flexibility index (Phi) is 2.41. The predicted octanol–water partition coefficient (Wildman–Crippen LogP) is 3.19. The molecule has 0 saturated carbocycles. The van der Waals surface area contributed by atoms with E-state index in [1.807, 2.05) is 12.2 Å². The van der Waals surface area contributed by atoms with Gasteiger partial charge < -0.3 is 9.47 Å². The van der Waals surface area contributed by atoms with Gasteiger partial charge in [-0.1, -0.05) is 17.7 Å². The van der Waals surface area contributed by atoms with E-state index in [1.54, 1.807) is 6.26 Å². The van der Waals surface area contributed by atoms with Gasteiger partial charge in [-0.15, -0.1) is 0 Å². The van der Waals surface area contributed by atoms with Gasteiger partial charge in [0.25, 0.3) is 0 Å². The molecule has 2 nitrogen and oxygen atoms in total. The zero-order valence-electron chi connectivity index (χ0n) is 7.00. The Hall–Kier alpha value is -1.15. The van der Waals surface area contributed by atoms with E-state index in [-0.39, 0.29) is 0 Å². The highest BCUT2D eigenvalue weighted by molar-refractivity contribution is 6.31. The molecule has 0 aromatic rings. The average Bonchev–Trinajstić information content (AvgIpc) is 2.19. The summed E-state index contributed by atoms with van der Waals surface area (Å²) in [4.78, 5) is 0. The highest BCUT2D eigenvalue weighted by atomic mass is 35.5. The summed E-state index contributed by atoms with van der Waals surface area (Å²) >= 11 is 5.87. The SMILES string of the molecule is ClC1=CCCC(C2=COC=CO2)=C1. The maximum Gasteiger partial charge on any atom is 0.164 e. The Morgan fingerprint density at radius 3 is 2.92 bits per heavy atom. The molecule has 0 unspecified atom stereocenters. The first-order valence-corrected chi connectivity index (χ1v) is 4.48. The van der Waals surface area contributed by atoms with Crippen molar-refractivity contribution >= 4 is 11.6 Å². The van der Waals surface area contributed by atoms with Crippen LogP contribution >= 0.6 is 11.6 Å². The van der Waals surface area contributed by atoms with Gasteiger partial charge in [0.15, 0.2) is 5.76 Å². The second kappa shape index (κ2) is 3.71. The topological polar surface area (TPSA) is 18.5 Å². The maximum atomic E-state index is 5.87. The molecule has 1 aliphatic heterocycles. The minimum absolute atomic E-state index is 0.744. The van der Waals surface area contributed by atoms with E-state index >= 15 is 0 Å². The molecule has 0 aromatic carbocycles. The summed E-state index contributed by atoms with van der Waals surface area (Å²) in [6.45, 7) is 0. The van der Waals surface area contributed by atoms with Gasteiger partial charge in [0.05, 0.1) is 0 Å². The van der Waals surface area contributed by atoms with Crippen molar-refractivity contribution in [2.75, 3.05) is 0 Å². The van der Waals surface area contributed by atoms with Gasteiger partial charge in [-0.3, -0.25) is 0 Å². The average molecular weight is 197 g/mol. The number of rotatable bonds is 1. The summed E-state index contributed by atoms with van der Waals surface area (Å²) in [5, 5.41) is 0.764. The summed E-state index contributed by atoms with van der Waals surface area (Å²) in [6, 6.07) is 0. The Bertz CT molecular complexity index is 324. The van der Waals surface area contributed by atoms with E-state index in [0.717, 1.165) is 29.2 Å². The second-order valence-corrected chi connectivity index (χ2v) is 3.24. The Morgan fingerprint density at radius 2 is 2.23 bits per heavy atom. The maximum absolute atomic E-state index is 5.87. The summed E-state index contributed by atoms with van der Waals surface area (Å²) < 4.78 is 10.3. The molecule has 0 saturated heterocycles. The van der Waals surface area contributed by atoms with Gasteiger partial charge in [-0.05, 0) is 24.5 Å². The quantitative estimate of drug-likeness (QED) is 0.641. The fourth-order valence-electron chi connectivity index (χ4n) is 1.27. The van der Waals surface area contributed by atoms with E-state index in [9.17, 15) is 0 Å². The van der Waals surface area contributed by atoms with Crippen LogP contribution in [0, 0.1) is 0 Å². The molecule has 0 atom stereocenters. The Morgan fingerprint density at radius 1 is 1.31 bits per heavy atom. The molecule has 0 spiro atoms. The highest BCUT2D eigenvalue weighted by Crippen LogP contribution is 2.27. The van der Waals surface area contributed by atoms with Crippen molar-refractivity contribution in [1.82, 2.24) is 0 Å². The lowest BCUT2D eigenvalue weighted by molar-refractivity contribution is 0.262. The van der Waals surface area contributed by atoms with E-state index in [0.29, 0.717) is 0 Å². The van der Waals surface area contributed by atoms with Gasteiger partial charge in [0, 0.05) is 5.03 Å². The number of halogens is 1. The summed E-state index contributed by atoms with van der Waals surface area (Å²) in [7, 11) is 0. The van der Waals surface area contributed by atoms with E-state index in [4.69, 9.17) is 21.1 Å². The lowest BCUT2D eigenvalue weighted by Gasteiger charge is -2.15. The number of allylic oxidation sites excluding steroid dienone is 4. The molecule has 2 aliphatic rings. The van der Waals surface area contributed by atoms with Crippen LogP contribution in [0.3, 0.4) is 0 Å². The van der Waals surface area contributed by atoms with Crippen LogP contribution in [0.15, 0.2) is 47.3 Å². The van der Waals surface area contributed by atoms with Crippen LogP contribution in [0.25, 0.3) is 0 Å². The first-order valence-electron chi connectivity index (χ1n) is 4.10. The molecule has 2 rings (SSSR count). The van der Waals surface area contributed by atoms with Crippen molar-refractivity contribution in [2.45, 2.75) is 12.8 Å². The van der Waals surface area contributed by atoms with Crippen LogP contribution in [0.1, 0.15) is 12.8 Å². The molecule has 1 heterocycles. The lowest BCUT2D eigenvalue weighted by Crippen LogP contribution is -1.99. The second-order valence-electron chi connectivity index (χ2n) is 2.81. The minimum atomic E-state index is 0.744. The van der Waals surface area contributed by atoms with Crippen molar-refractivity contribution in [3.05, 3.63) is 47.3 Å². The van der Waals surface area contributed by atoms with Crippen molar-refractivity contribution < 1.29 is 9.47 Å². The van der Waals surface area contributed by atoms with Gasteiger partial charge in [0.1, 0.15) is 18.8 Å². The molecular formula is C10H9ClO2. The fraction of sp³-hybridized carbons (Fsp3) is 0.200. The predicted molar refractivity (Wildman–Crippen MR) is 50.6 cm³/mol. The third kappa shape index (κ3) is 1.95. The number of hydrogen-bond acceptors (Lipinski definition) is 2. The van der Waals surface area contributed by atoms with Gasteiger partial charge >= 0.3 is 0 Å². The van der Waals surface area contributed by atoms with Gasteiger partial charge in [0.2, 0.25) is 0 Å². The third-order valence-corrected chi connectivity index (χ3v) is 2.15. The summed E-state index contributed by atoms with van der Waals surface area (Å²) in [5.41, 5.74) is 1.08. The van der Waals surface area contributed by atoms with Crippen molar-refractivity contribution in [3.63, 3.8) is 0 Å². The summed E-state index contributed by atoms with van der Waals surface area (Å²) in [6.07, 6.45) is 10.4. The molecule has 3 heteroatoms. The molecular weight excluding hydrogens is 188 g/mol. The largest absolute Gasteiger partial charge is 0.466 e. The van der Waals surface area contributed by atoms with Crippen molar-refractivity contribution in [2.24, 2.45) is 0 Å². The van der Waals surface area contributed by atoms with Gasteiger partial charge in [-0.25, -0.2) is 0 Å². The molecule has 0 aromatic heterocycles. The van der Waals surface area contributed by atoms with Crippen molar-refractivity contribution in [3.8, 4) is 0 Å². The molecule has 0 N–H and O–H groups in total. The zero-order chi connectivity index (χ0) is 9.10. The molecule has 1 aliphatic carbocycles.